The topological polar surface area (TPSA) is 169 Å². The number of nitrogens with zero attached hydrogens (tertiary/aromatic N) is 5. The number of methoxy groups -OCH3 is 1. The Morgan fingerprint density at radius 3 is 2.47 bits per heavy atom. The van der Waals surface area contributed by atoms with Crippen molar-refractivity contribution in [2.75, 3.05) is 48.9 Å². The molecule has 1 aromatic carbocycles. The number of aromatic nitrogens is 2. The molecule has 0 unspecified atom stereocenters. The molecule has 3 aliphatic rings. The maximum absolute atomic E-state index is 13.3. The van der Waals surface area contributed by atoms with Crippen LogP contribution in [0.25, 0.3) is 0 Å². The van der Waals surface area contributed by atoms with E-state index in [-0.39, 0.29) is 48.2 Å². The van der Waals surface area contributed by atoms with Gasteiger partial charge < -0.3 is 40.5 Å². The molecule has 51 heavy (non-hydrogen) atoms. The van der Waals surface area contributed by atoms with Crippen molar-refractivity contribution >= 4 is 46.8 Å². The Morgan fingerprint density at radius 1 is 1.10 bits per heavy atom. The highest BCUT2D eigenvalue weighted by Gasteiger charge is 2.41. The van der Waals surface area contributed by atoms with Gasteiger partial charge in [-0.2, -0.15) is 4.98 Å². The zero-order valence-electron chi connectivity index (χ0n) is 30.6. The smallest absolute Gasteiger partial charge is 0.326 e. The minimum absolute atomic E-state index is 0.0249. The first kappa shape index (κ1) is 37.8. The molecule has 1 aliphatic carbocycles. The van der Waals surface area contributed by atoms with E-state index in [4.69, 9.17) is 9.72 Å². The van der Waals surface area contributed by atoms with E-state index in [0.29, 0.717) is 47.9 Å². The predicted octanol–water partition coefficient (Wildman–Crippen LogP) is 4.32. The standard InChI is InChI=1S/C37H54N8O6/c1-6-29-35(48)43(4)30-22-38-37(42-33(30)45(29)26-10-7-8-11-26)41-27-14-13-24(21-31(27)51-5)34(47)39-25-15-18-44(19-16-25)17-9-12-32(46)40-28(36(49)50)20-23(2)3/h13-14,21-23,25-26,28-29H,6-12,15-20H2,1-5H3,(H,39,47)(H,40,46)(H,49,50)(H,38,41,42)/t28-,29+/m0/s1. The van der Waals surface area contributed by atoms with Gasteiger partial charge in [0.25, 0.3) is 5.91 Å². The third-order valence-corrected chi connectivity index (χ3v) is 10.3. The minimum atomic E-state index is -1.00. The monoisotopic (exact) mass is 706 g/mol. The molecule has 3 heterocycles. The lowest BCUT2D eigenvalue weighted by molar-refractivity contribution is -0.142. The lowest BCUT2D eigenvalue weighted by Crippen LogP contribution is -2.55. The molecule has 3 amide bonds. The first-order valence-electron chi connectivity index (χ1n) is 18.4. The molecule has 0 spiro atoms. The summed E-state index contributed by atoms with van der Waals surface area (Å²) in [7, 11) is 3.33. The zero-order chi connectivity index (χ0) is 36.7. The molecule has 2 atom stereocenters. The molecule has 0 bridgehead atoms. The second kappa shape index (κ2) is 17.2. The summed E-state index contributed by atoms with van der Waals surface area (Å²) < 4.78 is 5.67. The largest absolute Gasteiger partial charge is 0.495 e. The number of nitrogens with one attached hydrogen (secondary N) is 3. The quantitative estimate of drug-likeness (QED) is 0.208. The van der Waals surface area contributed by atoms with E-state index in [1.807, 2.05) is 20.8 Å². The van der Waals surface area contributed by atoms with Gasteiger partial charge in [0.1, 0.15) is 23.5 Å². The Morgan fingerprint density at radius 2 is 1.82 bits per heavy atom. The first-order valence-corrected chi connectivity index (χ1v) is 18.4. The van der Waals surface area contributed by atoms with Crippen molar-refractivity contribution in [1.82, 2.24) is 25.5 Å². The average Bonchev–Trinajstić information content (AvgIpc) is 3.64. The number of carboxylic acids is 1. The van der Waals surface area contributed by atoms with Crippen LogP contribution in [0.4, 0.5) is 23.1 Å². The fourth-order valence-electron chi connectivity index (χ4n) is 7.49. The molecule has 2 aliphatic heterocycles. The number of likely N-dealkylation sites (N-methyl/N-ethyl adjacent to an activating group) is 1. The molecule has 2 fully saturated rings. The van der Waals surface area contributed by atoms with E-state index in [2.05, 4.69) is 30.7 Å². The minimum Gasteiger partial charge on any atom is -0.495 e. The lowest BCUT2D eigenvalue weighted by Gasteiger charge is -2.43. The third-order valence-electron chi connectivity index (χ3n) is 10.3. The van der Waals surface area contributed by atoms with Crippen molar-refractivity contribution in [2.24, 2.45) is 5.92 Å². The molecule has 5 rings (SSSR count). The van der Waals surface area contributed by atoms with E-state index in [0.717, 1.165) is 64.0 Å². The molecular formula is C37H54N8O6. The molecule has 0 radical (unpaired) electrons. The SMILES string of the molecule is CC[C@@H]1C(=O)N(C)c2cnc(Nc3ccc(C(=O)NC4CCN(CCCC(=O)N[C@@H](CC(C)C)C(=O)O)CC4)cc3OC)nc2N1C1CCCC1. The van der Waals surface area contributed by atoms with Crippen LogP contribution in [0.3, 0.4) is 0 Å². The Bertz CT molecular complexity index is 1560. The summed E-state index contributed by atoms with van der Waals surface area (Å²) >= 11 is 0. The van der Waals surface area contributed by atoms with E-state index >= 15 is 0 Å². The maximum atomic E-state index is 13.3. The summed E-state index contributed by atoms with van der Waals surface area (Å²) in [5.74, 6) is 0.434. The molecule has 1 saturated heterocycles. The number of ether oxygens (including phenoxy) is 1. The molecule has 14 nitrogen and oxygen atoms in total. The number of benzene rings is 1. The van der Waals surface area contributed by atoms with Crippen molar-refractivity contribution in [3.05, 3.63) is 30.0 Å². The van der Waals surface area contributed by atoms with Gasteiger partial charge in [0.05, 0.1) is 19.0 Å². The number of amides is 3. The van der Waals surface area contributed by atoms with Crippen LogP contribution >= 0.6 is 0 Å². The Balaban J connectivity index is 1.14. The van der Waals surface area contributed by atoms with E-state index in [1.54, 1.807) is 43.5 Å². The average molecular weight is 707 g/mol. The van der Waals surface area contributed by atoms with Crippen molar-refractivity contribution in [3.63, 3.8) is 0 Å². The summed E-state index contributed by atoms with van der Waals surface area (Å²) in [5.41, 5.74) is 1.80. The number of carbonyl (C=O) groups excluding carboxylic acids is 3. The van der Waals surface area contributed by atoms with Crippen LogP contribution in [-0.2, 0) is 14.4 Å². The van der Waals surface area contributed by atoms with Gasteiger partial charge in [-0.15, -0.1) is 0 Å². The number of carbonyl (C=O) groups is 4. The summed E-state index contributed by atoms with van der Waals surface area (Å²) in [6.45, 7) is 8.24. The number of rotatable bonds is 15. The van der Waals surface area contributed by atoms with Crippen LogP contribution in [-0.4, -0.2) is 102 Å². The Labute approximate surface area is 300 Å². The van der Waals surface area contributed by atoms with Crippen molar-refractivity contribution < 1.29 is 29.0 Å². The molecule has 4 N–H and O–H groups in total. The van der Waals surface area contributed by atoms with Gasteiger partial charge in [-0.05, 0) is 75.6 Å². The van der Waals surface area contributed by atoms with Gasteiger partial charge >= 0.3 is 5.97 Å². The highest BCUT2D eigenvalue weighted by atomic mass is 16.5. The van der Waals surface area contributed by atoms with Crippen LogP contribution in [0.15, 0.2) is 24.4 Å². The second-order valence-corrected chi connectivity index (χ2v) is 14.4. The van der Waals surface area contributed by atoms with Crippen LogP contribution in [0.1, 0.15) is 95.3 Å². The van der Waals surface area contributed by atoms with Gasteiger partial charge in [0.15, 0.2) is 5.82 Å². The van der Waals surface area contributed by atoms with Gasteiger partial charge in [0, 0.05) is 44.2 Å². The number of aliphatic carboxylic acids is 1. The molecular weight excluding hydrogens is 652 g/mol. The number of fused-ring (bicyclic) bond motifs is 1. The number of anilines is 4. The van der Waals surface area contributed by atoms with Gasteiger partial charge in [0.2, 0.25) is 17.8 Å². The highest BCUT2D eigenvalue weighted by Crippen LogP contribution is 2.40. The molecule has 278 valence electrons. The van der Waals surface area contributed by atoms with E-state index in [1.165, 1.54) is 0 Å². The van der Waals surface area contributed by atoms with E-state index < -0.39 is 12.0 Å². The normalized spacial score (nSPS) is 19.2. The Kier molecular flexibility index (Phi) is 12.7. The summed E-state index contributed by atoms with van der Waals surface area (Å²) in [5, 5.41) is 18.4. The summed E-state index contributed by atoms with van der Waals surface area (Å²) in [6, 6.07) is 4.41. The number of likely N-dealkylation sites (tertiary alicyclic amines) is 1. The van der Waals surface area contributed by atoms with Crippen LogP contribution in [0.2, 0.25) is 0 Å². The van der Waals surface area contributed by atoms with Crippen molar-refractivity contribution in [2.45, 2.75) is 109 Å². The van der Waals surface area contributed by atoms with Crippen molar-refractivity contribution in [1.29, 1.82) is 0 Å². The molecule has 2 aromatic rings. The zero-order valence-corrected chi connectivity index (χ0v) is 30.6. The van der Waals surface area contributed by atoms with Gasteiger partial charge in [-0.1, -0.05) is 33.6 Å². The number of hydrogen-bond donors (Lipinski definition) is 4. The van der Waals surface area contributed by atoms with Crippen LogP contribution in [0.5, 0.6) is 5.75 Å². The number of piperidine rings is 1. The highest BCUT2D eigenvalue weighted by molar-refractivity contribution is 6.04. The summed E-state index contributed by atoms with van der Waals surface area (Å²) in [6.07, 6.45) is 9.64. The molecule has 14 heteroatoms. The fourth-order valence-corrected chi connectivity index (χ4v) is 7.49. The van der Waals surface area contributed by atoms with Gasteiger partial charge in [-0.25, -0.2) is 9.78 Å². The first-order chi connectivity index (χ1) is 24.5. The number of hydrogen-bond acceptors (Lipinski definition) is 10. The maximum Gasteiger partial charge on any atom is 0.326 e. The predicted molar refractivity (Wildman–Crippen MR) is 196 cm³/mol. The fraction of sp³-hybridized carbons (Fsp3) is 0.622. The Hall–Kier alpha value is -4.46. The van der Waals surface area contributed by atoms with Crippen LogP contribution < -0.4 is 30.5 Å². The van der Waals surface area contributed by atoms with Gasteiger partial charge in [-0.3, -0.25) is 14.4 Å². The number of carboxylic acid groups (broad SMARTS) is 1. The van der Waals surface area contributed by atoms with Crippen molar-refractivity contribution in [3.8, 4) is 5.75 Å². The molecule has 1 aromatic heterocycles. The second-order valence-electron chi connectivity index (χ2n) is 14.4. The lowest BCUT2D eigenvalue weighted by atomic mass is 10.0. The third kappa shape index (κ3) is 9.26. The summed E-state index contributed by atoms with van der Waals surface area (Å²) in [4.78, 5) is 65.9. The molecule has 1 saturated carbocycles. The van der Waals surface area contributed by atoms with Crippen LogP contribution in [0, 0.1) is 5.92 Å². The van der Waals surface area contributed by atoms with E-state index in [9.17, 15) is 24.3 Å².